The lowest BCUT2D eigenvalue weighted by Crippen LogP contribution is -1.95. The minimum Gasteiger partial charge on any atom is -0.497 e. The number of aryl methyl sites for hydroxylation is 1. The smallest absolute Gasteiger partial charge is 0.119 e. The zero-order valence-electron chi connectivity index (χ0n) is 19.0. The molecule has 0 saturated carbocycles. The maximum absolute atomic E-state index is 5.81. The van der Waals surface area contributed by atoms with Crippen LogP contribution in [-0.4, -0.2) is 14.2 Å². The molecule has 0 heterocycles. The maximum atomic E-state index is 5.81. The number of benzene rings is 4. The molecule has 0 unspecified atom stereocenters. The van der Waals surface area contributed by atoms with Gasteiger partial charge in [-0.1, -0.05) is 72.3 Å². The normalized spacial score (nSPS) is 9.97. The molecule has 4 aromatic carbocycles. The summed E-state index contributed by atoms with van der Waals surface area (Å²) in [5, 5.41) is 0. The van der Waals surface area contributed by atoms with E-state index >= 15 is 0 Å². The molecule has 0 bridgehead atoms. The Hall–Kier alpha value is -3.72. The summed E-state index contributed by atoms with van der Waals surface area (Å²) in [5.74, 6) is 2.70. The Labute approximate surface area is 191 Å². The summed E-state index contributed by atoms with van der Waals surface area (Å²) in [5.41, 5.74) is 4.97. The molecule has 0 spiro atoms. The number of methoxy groups -OCH3 is 2. The van der Waals surface area contributed by atoms with Gasteiger partial charge in [-0.05, 0) is 66.4 Å². The van der Waals surface area contributed by atoms with E-state index in [1.165, 1.54) is 22.3 Å². The molecule has 3 nitrogen and oxygen atoms in total. The molecular weight excluding hydrogens is 396 g/mol. The topological polar surface area (TPSA) is 27.7 Å². The fourth-order valence-corrected chi connectivity index (χ4v) is 3.10. The molecule has 164 valence electrons. The highest BCUT2D eigenvalue weighted by Gasteiger charge is 2.00. The second-order valence-electron chi connectivity index (χ2n) is 7.46. The van der Waals surface area contributed by atoms with Crippen LogP contribution in [0, 0.1) is 6.92 Å². The fourth-order valence-electron chi connectivity index (χ4n) is 3.10. The van der Waals surface area contributed by atoms with Crippen molar-refractivity contribution in [2.75, 3.05) is 14.2 Å². The predicted molar refractivity (Wildman–Crippen MR) is 131 cm³/mol. The van der Waals surface area contributed by atoms with Crippen molar-refractivity contribution in [2.45, 2.75) is 20.0 Å². The molecule has 32 heavy (non-hydrogen) atoms. The van der Waals surface area contributed by atoms with Gasteiger partial charge in [-0.2, -0.15) is 0 Å². The lowest BCUT2D eigenvalue weighted by molar-refractivity contribution is 0.306. The monoisotopic (exact) mass is 426 g/mol. The van der Waals surface area contributed by atoms with Crippen molar-refractivity contribution >= 4 is 0 Å². The number of hydrogen-bond acceptors (Lipinski definition) is 3. The lowest BCUT2D eigenvalue weighted by Gasteiger charge is -2.08. The lowest BCUT2D eigenvalue weighted by atomic mass is 10.0. The van der Waals surface area contributed by atoms with Crippen molar-refractivity contribution in [1.82, 2.24) is 0 Å². The summed E-state index contributed by atoms with van der Waals surface area (Å²) >= 11 is 0. The van der Waals surface area contributed by atoms with E-state index in [4.69, 9.17) is 14.2 Å². The summed E-state index contributed by atoms with van der Waals surface area (Å²) in [4.78, 5) is 0. The van der Waals surface area contributed by atoms with E-state index in [2.05, 4.69) is 43.3 Å². The molecule has 3 heteroatoms. The highest BCUT2D eigenvalue weighted by atomic mass is 16.5. The molecule has 0 atom stereocenters. The van der Waals surface area contributed by atoms with Crippen molar-refractivity contribution < 1.29 is 14.2 Å². The van der Waals surface area contributed by atoms with E-state index < -0.39 is 0 Å². The van der Waals surface area contributed by atoms with Gasteiger partial charge >= 0.3 is 0 Å². The molecule has 0 aliphatic rings. The van der Waals surface area contributed by atoms with E-state index in [0.717, 1.165) is 23.7 Å². The van der Waals surface area contributed by atoms with Crippen LogP contribution in [0.15, 0.2) is 103 Å². The second-order valence-corrected chi connectivity index (χ2v) is 7.46. The molecule has 0 fully saturated rings. The van der Waals surface area contributed by atoms with Crippen molar-refractivity contribution in [1.29, 1.82) is 0 Å². The fraction of sp³-hybridized carbons (Fsp3) is 0.172. The Bertz CT molecular complexity index is 1040. The van der Waals surface area contributed by atoms with E-state index in [1.54, 1.807) is 14.2 Å². The Morgan fingerprint density at radius 1 is 0.500 bits per heavy atom. The van der Waals surface area contributed by atoms with Crippen molar-refractivity contribution in [2.24, 2.45) is 0 Å². The Balaban J connectivity index is 0.000000269. The van der Waals surface area contributed by atoms with E-state index in [9.17, 15) is 0 Å². The number of ether oxygens (including phenoxy) is 3. The SMILES string of the molecule is COc1ccc(C)cc1.COc1ccc(Cc2ccc(OCc3ccccc3)cc2)cc1. The molecule has 0 aromatic heterocycles. The van der Waals surface area contributed by atoms with Crippen LogP contribution < -0.4 is 14.2 Å². The number of hydrogen-bond donors (Lipinski definition) is 0. The van der Waals surface area contributed by atoms with Gasteiger partial charge in [0.25, 0.3) is 0 Å². The van der Waals surface area contributed by atoms with Crippen LogP contribution in [-0.2, 0) is 13.0 Å². The van der Waals surface area contributed by atoms with Crippen LogP contribution in [0.3, 0.4) is 0 Å². The first-order valence-electron chi connectivity index (χ1n) is 10.7. The van der Waals surface area contributed by atoms with Gasteiger partial charge in [0.2, 0.25) is 0 Å². The number of rotatable bonds is 7. The summed E-state index contributed by atoms with van der Waals surface area (Å²) in [6.45, 7) is 2.65. The van der Waals surface area contributed by atoms with Crippen molar-refractivity contribution in [3.8, 4) is 17.2 Å². The van der Waals surface area contributed by atoms with Gasteiger partial charge in [-0.25, -0.2) is 0 Å². The first-order chi connectivity index (χ1) is 15.7. The summed E-state index contributed by atoms with van der Waals surface area (Å²) in [6, 6.07) is 34.6. The van der Waals surface area contributed by atoms with Crippen LogP contribution in [0.2, 0.25) is 0 Å². The zero-order valence-corrected chi connectivity index (χ0v) is 19.0. The van der Waals surface area contributed by atoms with E-state index in [1.807, 2.05) is 66.7 Å². The van der Waals surface area contributed by atoms with Gasteiger partial charge in [0, 0.05) is 0 Å². The molecule has 0 N–H and O–H groups in total. The highest BCUT2D eigenvalue weighted by Crippen LogP contribution is 2.18. The molecule has 0 saturated heterocycles. The van der Waals surface area contributed by atoms with Gasteiger partial charge in [0.15, 0.2) is 0 Å². The van der Waals surface area contributed by atoms with Crippen LogP contribution in [0.4, 0.5) is 0 Å². The van der Waals surface area contributed by atoms with Crippen LogP contribution >= 0.6 is 0 Å². The van der Waals surface area contributed by atoms with Crippen LogP contribution in [0.5, 0.6) is 17.2 Å². The minimum absolute atomic E-state index is 0.596. The summed E-state index contributed by atoms with van der Waals surface area (Å²) < 4.78 is 16.0. The Morgan fingerprint density at radius 2 is 0.969 bits per heavy atom. The Kier molecular flexibility index (Phi) is 8.76. The standard InChI is InChI=1S/C21H20O2.C8H10O/c1-22-20-11-7-17(8-12-20)15-18-9-13-21(14-10-18)23-16-19-5-3-2-4-6-19;1-7-3-5-8(9-2)6-4-7/h2-14H,15-16H2,1H3;3-6H,1-2H3. The third-order valence-corrected chi connectivity index (χ3v) is 5.00. The van der Waals surface area contributed by atoms with E-state index in [0.29, 0.717) is 6.61 Å². The average molecular weight is 427 g/mol. The second kappa shape index (κ2) is 12.2. The quantitative estimate of drug-likeness (QED) is 0.323. The Morgan fingerprint density at radius 3 is 1.47 bits per heavy atom. The molecule has 0 amide bonds. The third kappa shape index (κ3) is 7.51. The van der Waals surface area contributed by atoms with E-state index in [-0.39, 0.29) is 0 Å². The zero-order chi connectivity index (χ0) is 22.6. The van der Waals surface area contributed by atoms with Crippen molar-refractivity contribution in [3.05, 3.63) is 125 Å². The van der Waals surface area contributed by atoms with Crippen LogP contribution in [0.1, 0.15) is 22.3 Å². The van der Waals surface area contributed by atoms with Gasteiger partial charge in [0.05, 0.1) is 14.2 Å². The van der Waals surface area contributed by atoms with Crippen molar-refractivity contribution in [3.63, 3.8) is 0 Å². The largest absolute Gasteiger partial charge is 0.497 e. The molecule has 0 aliphatic carbocycles. The molecule has 0 radical (unpaired) electrons. The molecule has 0 aliphatic heterocycles. The first-order valence-corrected chi connectivity index (χ1v) is 10.7. The minimum atomic E-state index is 0.596. The van der Waals surface area contributed by atoms with Gasteiger partial charge in [0.1, 0.15) is 23.9 Å². The van der Waals surface area contributed by atoms with Gasteiger partial charge < -0.3 is 14.2 Å². The predicted octanol–water partition coefficient (Wildman–Crippen LogP) is 6.87. The van der Waals surface area contributed by atoms with Crippen LogP contribution in [0.25, 0.3) is 0 Å². The summed E-state index contributed by atoms with van der Waals surface area (Å²) in [6.07, 6.45) is 0.906. The van der Waals surface area contributed by atoms with Gasteiger partial charge in [-0.15, -0.1) is 0 Å². The third-order valence-electron chi connectivity index (χ3n) is 5.00. The molecule has 4 aromatic rings. The average Bonchev–Trinajstić information content (AvgIpc) is 2.86. The van der Waals surface area contributed by atoms with Gasteiger partial charge in [-0.3, -0.25) is 0 Å². The highest BCUT2D eigenvalue weighted by molar-refractivity contribution is 5.34. The molecule has 4 rings (SSSR count). The summed E-state index contributed by atoms with van der Waals surface area (Å²) in [7, 11) is 3.36. The first kappa shape index (κ1) is 23.0. The maximum Gasteiger partial charge on any atom is 0.119 e. The molecular formula is C29H30O3.